The molecule has 188 valence electrons. The maximum absolute atomic E-state index is 12.9. The van der Waals surface area contributed by atoms with Gasteiger partial charge in [0.2, 0.25) is 0 Å². The Kier molecular flexibility index (Phi) is 9.96. The van der Waals surface area contributed by atoms with E-state index >= 15 is 0 Å². The number of hydrogen-bond donors (Lipinski definition) is 0. The zero-order valence-corrected chi connectivity index (χ0v) is 23.8. The molecule has 5 nitrogen and oxygen atoms in total. The summed E-state index contributed by atoms with van der Waals surface area (Å²) in [5.74, 6) is 1.90. The topological polar surface area (TPSA) is 61.8 Å². The Balaban J connectivity index is 6.10. The quantitative estimate of drug-likeness (QED) is 0.108. The van der Waals surface area contributed by atoms with Crippen molar-refractivity contribution in [1.29, 1.82) is 0 Å². The largest absolute Gasteiger partial charge is 0.534 e. The Morgan fingerprint density at radius 1 is 0.969 bits per heavy atom. The van der Waals surface area contributed by atoms with E-state index in [1.807, 2.05) is 67.7 Å². The zero-order valence-electron chi connectivity index (χ0n) is 20.9. The second-order valence-electron chi connectivity index (χ2n) is 11.0. The highest BCUT2D eigenvalue weighted by molar-refractivity contribution is 7.87. The van der Waals surface area contributed by atoms with Gasteiger partial charge in [-0.25, -0.2) is 0 Å². The molecule has 0 radical (unpaired) electrons. The number of terminal acetylenes is 1. The summed E-state index contributed by atoms with van der Waals surface area (Å²) in [5, 5.41) is -0.431. The number of rotatable bonds is 10. The Labute approximate surface area is 194 Å². The monoisotopic (exact) mass is 516 g/mol. The van der Waals surface area contributed by atoms with Crippen LogP contribution < -0.4 is 0 Å². The van der Waals surface area contributed by atoms with E-state index in [2.05, 4.69) is 16.7 Å². The highest BCUT2D eigenvalue weighted by atomic mass is 32.2. The molecule has 0 aliphatic rings. The molecule has 32 heavy (non-hydrogen) atoms. The summed E-state index contributed by atoms with van der Waals surface area (Å²) >= 11 is 0. The Hall–Kier alpha value is -0.806. The maximum atomic E-state index is 12.9. The van der Waals surface area contributed by atoms with Crippen molar-refractivity contribution in [2.24, 2.45) is 0 Å². The van der Waals surface area contributed by atoms with Gasteiger partial charge in [-0.15, -0.1) is 12.3 Å². The minimum absolute atomic E-state index is 0.0232. The van der Waals surface area contributed by atoms with Crippen molar-refractivity contribution in [2.45, 2.75) is 108 Å². The summed E-state index contributed by atoms with van der Waals surface area (Å²) in [6.07, 6.45) is 4.02. The van der Waals surface area contributed by atoms with Gasteiger partial charge in [0, 0.05) is 12.8 Å². The van der Waals surface area contributed by atoms with Crippen LogP contribution in [0, 0.1) is 12.3 Å². The first kappa shape index (κ1) is 31.2. The first-order valence-electron chi connectivity index (χ1n) is 10.4. The van der Waals surface area contributed by atoms with E-state index in [1.54, 1.807) is 0 Å². The standard InChI is InChI=1S/C21H39F3O5SSi2/c1-13-14-17(28-31(9,10)19(3,4)5)15-18(29-32(11,12)20(6,7)8)16(2)27-30(25,26)21(22,23)24/h1,17-18H,2,14-15H2,3-12H3/t17-,18+/m1/s1. The van der Waals surface area contributed by atoms with Gasteiger partial charge in [-0.2, -0.15) is 21.6 Å². The Morgan fingerprint density at radius 3 is 1.72 bits per heavy atom. The van der Waals surface area contributed by atoms with Crippen LogP contribution in [0.5, 0.6) is 0 Å². The molecule has 0 fully saturated rings. The SMILES string of the molecule is C#CC[C@H](C[C@H](O[Si](C)(C)C(C)(C)C)C(=C)OS(=O)(=O)C(F)(F)F)O[Si](C)(C)C(C)(C)C. The zero-order chi connectivity index (χ0) is 26.0. The third kappa shape index (κ3) is 8.52. The molecule has 0 bridgehead atoms. The van der Waals surface area contributed by atoms with E-state index in [0.29, 0.717) is 0 Å². The molecule has 2 atom stereocenters. The van der Waals surface area contributed by atoms with Gasteiger partial charge >= 0.3 is 15.6 Å². The molecule has 0 spiro atoms. The van der Waals surface area contributed by atoms with Gasteiger partial charge in [-0.3, -0.25) is 0 Å². The molecule has 0 aromatic carbocycles. The van der Waals surface area contributed by atoms with Crippen molar-refractivity contribution < 1.29 is 34.6 Å². The van der Waals surface area contributed by atoms with Crippen LogP contribution in [0.4, 0.5) is 13.2 Å². The second kappa shape index (κ2) is 10.2. The molecule has 11 heteroatoms. The summed E-state index contributed by atoms with van der Waals surface area (Å²) in [6, 6.07) is 0. The Morgan fingerprint density at radius 2 is 1.38 bits per heavy atom. The lowest BCUT2D eigenvalue weighted by Gasteiger charge is -2.42. The predicted octanol–water partition coefficient (Wildman–Crippen LogP) is 6.56. The van der Waals surface area contributed by atoms with Gasteiger partial charge in [0.1, 0.15) is 11.9 Å². The van der Waals surface area contributed by atoms with E-state index in [0.717, 1.165) is 0 Å². The summed E-state index contributed by atoms with van der Waals surface area (Å²) in [6.45, 7) is 23.3. The van der Waals surface area contributed by atoms with E-state index in [-0.39, 0.29) is 22.9 Å². The van der Waals surface area contributed by atoms with Gasteiger partial charge in [0.15, 0.2) is 16.6 Å². The number of halogens is 3. The van der Waals surface area contributed by atoms with Gasteiger partial charge in [-0.1, -0.05) is 48.1 Å². The van der Waals surface area contributed by atoms with Crippen molar-refractivity contribution in [3.63, 3.8) is 0 Å². The molecule has 0 rings (SSSR count). The minimum Gasteiger partial charge on any atom is -0.413 e. The lowest BCUT2D eigenvalue weighted by atomic mass is 10.1. The fraction of sp³-hybridized carbons (Fsp3) is 0.810. The molecule has 0 N–H and O–H groups in total. The van der Waals surface area contributed by atoms with Crippen molar-refractivity contribution in [1.82, 2.24) is 0 Å². The van der Waals surface area contributed by atoms with Crippen molar-refractivity contribution in [2.75, 3.05) is 0 Å². The molecule has 0 aromatic rings. The predicted molar refractivity (Wildman–Crippen MR) is 127 cm³/mol. The van der Waals surface area contributed by atoms with Gasteiger partial charge in [-0.05, 0) is 36.3 Å². The van der Waals surface area contributed by atoms with Crippen LogP contribution in [0.1, 0.15) is 54.4 Å². The van der Waals surface area contributed by atoms with Gasteiger partial charge in [0.25, 0.3) is 0 Å². The lowest BCUT2D eigenvalue weighted by molar-refractivity contribution is -0.0533. The molecule has 0 saturated carbocycles. The maximum Gasteiger partial charge on any atom is 0.534 e. The molecule has 0 aliphatic heterocycles. The first-order valence-corrected chi connectivity index (χ1v) is 17.6. The van der Waals surface area contributed by atoms with Crippen molar-refractivity contribution >= 4 is 26.8 Å². The average molecular weight is 517 g/mol. The second-order valence-corrected chi connectivity index (χ2v) is 22.0. The summed E-state index contributed by atoms with van der Waals surface area (Å²) < 4.78 is 78.8. The fourth-order valence-electron chi connectivity index (χ4n) is 2.16. The van der Waals surface area contributed by atoms with Crippen LogP contribution in [-0.2, 0) is 23.2 Å². The number of hydrogen-bond acceptors (Lipinski definition) is 5. The average Bonchev–Trinajstić information content (AvgIpc) is 2.50. The fourth-order valence-corrected chi connectivity index (χ4v) is 5.30. The molecule has 0 amide bonds. The highest BCUT2D eigenvalue weighted by Gasteiger charge is 2.50. The molecule has 0 heterocycles. The van der Waals surface area contributed by atoms with Crippen LogP contribution >= 0.6 is 0 Å². The van der Waals surface area contributed by atoms with E-state index in [9.17, 15) is 21.6 Å². The lowest BCUT2D eigenvalue weighted by Crippen LogP contribution is -2.48. The molecule has 0 aromatic heterocycles. The number of alkyl halides is 3. The van der Waals surface area contributed by atoms with Crippen LogP contribution in [0.3, 0.4) is 0 Å². The van der Waals surface area contributed by atoms with E-state index < -0.39 is 50.2 Å². The summed E-state index contributed by atoms with van der Waals surface area (Å²) in [4.78, 5) is 0. The highest BCUT2D eigenvalue weighted by Crippen LogP contribution is 2.41. The molecule has 0 saturated heterocycles. The van der Waals surface area contributed by atoms with Gasteiger partial charge < -0.3 is 13.0 Å². The first-order chi connectivity index (χ1) is 13.9. The molecular weight excluding hydrogens is 477 g/mol. The summed E-state index contributed by atoms with van der Waals surface area (Å²) in [5.41, 5.74) is -5.58. The third-order valence-electron chi connectivity index (χ3n) is 6.19. The molecular formula is C21H39F3O5SSi2. The Bertz CT molecular complexity index is 801. The van der Waals surface area contributed by atoms with Crippen LogP contribution in [-0.4, -0.2) is 42.8 Å². The van der Waals surface area contributed by atoms with Crippen molar-refractivity contribution in [3.8, 4) is 12.3 Å². The normalized spacial score (nSPS) is 16.2. The molecule has 0 unspecified atom stereocenters. The van der Waals surface area contributed by atoms with Gasteiger partial charge in [0.05, 0.1) is 6.10 Å². The van der Waals surface area contributed by atoms with E-state index in [1.165, 1.54) is 0 Å². The van der Waals surface area contributed by atoms with Crippen LogP contribution in [0.2, 0.25) is 36.3 Å². The van der Waals surface area contributed by atoms with Crippen molar-refractivity contribution in [3.05, 3.63) is 12.3 Å². The smallest absolute Gasteiger partial charge is 0.413 e. The van der Waals surface area contributed by atoms with Crippen LogP contribution in [0.15, 0.2) is 12.3 Å². The summed E-state index contributed by atoms with van der Waals surface area (Å²) in [7, 11) is -10.7. The molecule has 0 aliphatic carbocycles. The van der Waals surface area contributed by atoms with Crippen LogP contribution in [0.25, 0.3) is 0 Å². The minimum atomic E-state index is -5.88. The third-order valence-corrected chi connectivity index (χ3v) is 16.2. The van der Waals surface area contributed by atoms with E-state index in [4.69, 9.17) is 15.3 Å².